The number of benzene rings is 8. The van der Waals surface area contributed by atoms with Crippen LogP contribution >= 0.6 is 23.1 Å². The van der Waals surface area contributed by atoms with Gasteiger partial charge in [-0.1, -0.05) is 218 Å². The first kappa shape index (κ1) is 51.0. The molecule has 8 rings (SSSR count). The van der Waals surface area contributed by atoms with E-state index in [0.29, 0.717) is 0 Å². The van der Waals surface area contributed by atoms with Gasteiger partial charge in [-0.3, -0.25) is 0 Å². The van der Waals surface area contributed by atoms with E-state index < -0.39 is 33.3 Å². The first-order chi connectivity index (χ1) is 28.1. The van der Waals surface area contributed by atoms with Crippen molar-refractivity contribution in [3.05, 3.63) is 256 Å². The molecule has 0 aliphatic carbocycles. The molecule has 8 aromatic rings. The topological polar surface area (TPSA) is 92.2 Å². The van der Waals surface area contributed by atoms with Crippen LogP contribution in [0, 0.1) is 23.6 Å². The summed E-state index contributed by atoms with van der Waals surface area (Å²) in [5.41, 5.74) is 0. The van der Waals surface area contributed by atoms with Crippen molar-refractivity contribution < 1.29 is 73.6 Å². The van der Waals surface area contributed by atoms with Crippen LogP contribution < -0.4 is 61.1 Å². The maximum absolute atomic E-state index is 8.49. The maximum atomic E-state index is 8.49. The van der Waals surface area contributed by atoms with Gasteiger partial charge in [0.2, 0.25) is 0 Å². The van der Waals surface area contributed by atoms with Gasteiger partial charge in [0.15, 0.2) is 0 Å². The predicted molar refractivity (Wildman–Crippen MR) is 240 cm³/mol. The standard InChI is InChI=1S/2C18H15P.C14H14P.2Au.ClHO4/c2*1-4-10-16(11-5-1)19(17-12-6-2-7-13-17)18-14-8-3-9-15-18;1-15(2,13-9-5-3-6-10-13)14-11-7-4-8-12-14;;;2-1(3,4)5/h2*1-15H;3-12H,1-2H2;;;(H,2,3,4,5)/q;;-1;2*+1;/p-1. The molecule has 10 heteroatoms. The van der Waals surface area contributed by atoms with Crippen molar-refractivity contribution in [3.8, 4) is 0 Å². The summed E-state index contributed by atoms with van der Waals surface area (Å²) in [4.78, 5) is 0. The maximum Gasteiger partial charge on any atom is 1.00 e. The minimum Gasteiger partial charge on any atom is -0.222 e. The average Bonchev–Trinajstić information content (AvgIpc) is 3.27. The van der Waals surface area contributed by atoms with E-state index in [1.807, 2.05) is 36.4 Å². The van der Waals surface area contributed by atoms with Crippen molar-refractivity contribution in [2.24, 2.45) is 0 Å². The summed E-state index contributed by atoms with van der Waals surface area (Å²) in [5.74, 6) is 0. The molecule has 0 unspecified atom stereocenters. The summed E-state index contributed by atoms with van der Waals surface area (Å²) in [7, 11) is -7.48. The summed E-state index contributed by atoms with van der Waals surface area (Å²) >= 11 is 0. The molecule has 4 nitrogen and oxygen atoms in total. The van der Waals surface area contributed by atoms with Crippen molar-refractivity contribution in [1.82, 2.24) is 0 Å². The van der Waals surface area contributed by atoms with E-state index in [1.165, 1.54) is 42.4 Å². The number of hydrogen-bond acceptors (Lipinski definition) is 4. The fourth-order valence-electron chi connectivity index (χ4n) is 5.93. The van der Waals surface area contributed by atoms with Gasteiger partial charge in [0.05, 0.1) is 0 Å². The van der Waals surface area contributed by atoms with Crippen LogP contribution in [-0.4, -0.2) is 0 Å². The molecule has 0 amide bonds. The first-order valence-electron chi connectivity index (χ1n) is 18.3. The van der Waals surface area contributed by atoms with Crippen molar-refractivity contribution in [2.75, 3.05) is 0 Å². The van der Waals surface area contributed by atoms with Crippen molar-refractivity contribution in [3.63, 3.8) is 0 Å². The Morgan fingerprint density at radius 3 is 0.567 bits per heavy atom. The summed E-state index contributed by atoms with van der Waals surface area (Å²) in [6, 6.07) is 85.3. The fraction of sp³-hybridized carbons (Fsp3) is 0. The van der Waals surface area contributed by atoms with Gasteiger partial charge < -0.3 is 0 Å². The molecule has 0 radical (unpaired) electrons. The molecule has 8 aromatic carbocycles. The third-order valence-corrected chi connectivity index (χ3v) is 16.0. The monoisotopic (exact) mass is 1230 g/mol. The smallest absolute Gasteiger partial charge is 0.222 e. The van der Waals surface area contributed by atoms with Gasteiger partial charge in [-0.15, -0.1) is 10.2 Å². The van der Waals surface area contributed by atoms with Gasteiger partial charge in [-0.2, -0.15) is 20.6 Å². The van der Waals surface area contributed by atoms with Gasteiger partial charge in [0.25, 0.3) is 0 Å². The molecule has 0 atom stereocenters. The van der Waals surface area contributed by atoms with Crippen LogP contribution in [0.15, 0.2) is 243 Å². The number of hydrogen-bond donors (Lipinski definition) is 0. The second-order valence-corrected chi connectivity index (χ2v) is 20.9. The fourth-order valence-corrected chi connectivity index (χ4v) is 12.3. The second kappa shape index (κ2) is 26.9. The van der Waals surface area contributed by atoms with Crippen LogP contribution in [0.4, 0.5) is 0 Å². The minimum atomic E-state index is -4.94. The Morgan fingerprint density at radius 1 is 0.283 bits per heavy atom. The Morgan fingerprint density at radius 2 is 0.417 bits per heavy atom. The van der Waals surface area contributed by atoms with Crippen LogP contribution in [0.25, 0.3) is 0 Å². The van der Waals surface area contributed by atoms with Gasteiger partial charge in [0.1, 0.15) is 0 Å². The first-order valence-corrected chi connectivity index (χ1v) is 24.4. The van der Waals surface area contributed by atoms with Gasteiger partial charge in [0, 0.05) is 10.6 Å². The van der Waals surface area contributed by atoms with Crippen LogP contribution in [0.1, 0.15) is 0 Å². The predicted octanol–water partition coefficient (Wildman–Crippen LogP) is 5.37. The molecule has 0 fully saturated rings. The average molecular weight is 1230 g/mol. The summed E-state index contributed by atoms with van der Waals surface area (Å²) in [6.07, 6.45) is 0. The normalized spacial score (nSPS) is 10.5. The third kappa shape index (κ3) is 16.8. The van der Waals surface area contributed by atoms with E-state index in [4.69, 9.17) is 18.6 Å². The Labute approximate surface area is 392 Å². The van der Waals surface area contributed by atoms with E-state index in [1.54, 1.807) is 0 Å². The summed E-state index contributed by atoms with van der Waals surface area (Å²) in [5, 5.41) is 10.9. The molecular weight excluding hydrogens is 1190 g/mol. The molecule has 0 aliphatic rings. The largest absolute Gasteiger partial charge is 1.00 e. The second-order valence-electron chi connectivity index (χ2n) is 12.7. The van der Waals surface area contributed by atoms with Crippen molar-refractivity contribution in [1.29, 1.82) is 0 Å². The van der Waals surface area contributed by atoms with E-state index in [9.17, 15) is 0 Å². The summed E-state index contributed by atoms with van der Waals surface area (Å²) in [6.45, 7) is 8.62. The molecule has 0 N–H and O–H groups in total. The van der Waals surface area contributed by atoms with E-state index >= 15 is 0 Å². The summed E-state index contributed by atoms with van der Waals surface area (Å²) < 4.78 is 34.0. The zero-order valence-corrected chi connectivity index (χ0v) is 40.2. The van der Waals surface area contributed by atoms with Crippen LogP contribution in [0.3, 0.4) is 0 Å². The SMILES string of the molecule is [Au+].[Au+].[CH2-][P+]([CH2-])(c1ccccc1)c1ccccc1.[O-][Cl+3]([O-])([O-])[O-].c1ccc(P(c2ccccc2)c2ccccc2)cc1.c1ccc(P(c2ccccc2)c2ccccc2)cc1. The van der Waals surface area contributed by atoms with Crippen molar-refractivity contribution >= 4 is 65.5 Å². The molecule has 0 saturated heterocycles. The Kier molecular flexibility index (Phi) is 22.9. The molecule has 0 bridgehead atoms. The number of rotatable bonds is 8. The quantitative estimate of drug-likeness (QED) is 0.116. The van der Waals surface area contributed by atoms with E-state index in [-0.39, 0.29) is 44.8 Å². The van der Waals surface area contributed by atoms with Crippen LogP contribution in [0.5, 0.6) is 0 Å². The van der Waals surface area contributed by atoms with Gasteiger partial charge >= 0.3 is 44.8 Å². The van der Waals surface area contributed by atoms with E-state index in [2.05, 4.69) is 220 Å². The zero-order chi connectivity index (χ0) is 41.1. The molecular formula is C50H44Au2ClO4P3. The molecule has 0 spiro atoms. The number of halogens is 1. The third-order valence-electron chi connectivity index (χ3n) is 8.59. The van der Waals surface area contributed by atoms with Crippen LogP contribution in [-0.2, 0) is 44.8 Å². The Bertz CT molecular complexity index is 1950. The van der Waals surface area contributed by atoms with Crippen molar-refractivity contribution in [2.45, 2.75) is 0 Å². The molecule has 312 valence electrons. The molecule has 0 aromatic heterocycles. The molecule has 0 aliphatic heterocycles. The minimum absolute atomic E-state index is 0. The molecule has 60 heavy (non-hydrogen) atoms. The zero-order valence-electron chi connectivity index (χ0n) is 32.5. The Balaban J connectivity index is 0.000000225. The molecule has 0 saturated carbocycles. The van der Waals surface area contributed by atoms with Gasteiger partial charge in [-0.25, -0.2) is 18.6 Å². The van der Waals surface area contributed by atoms with Gasteiger partial charge in [-0.05, 0) is 71.9 Å². The Hall–Kier alpha value is -3.34. The van der Waals surface area contributed by atoms with E-state index in [0.717, 1.165) is 0 Å². The molecule has 0 heterocycles. The van der Waals surface area contributed by atoms with Crippen LogP contribution in [0.2, 0.25) is 0 Å².